The Morgan fingerprint density at radius 3 is 1.25 bits per heavy atom. The van der Waals surface area contributed by atoms with Crippen LogP contribution in [0, 0.1) is 0 Å². The van der Waals surface area contributed by atoms with Gasteiger partial charge in [0.15, 0.2) is 0 Å². The lowest BCUT2D eigenvalue weighted by Crippen LogP contribution is -2.46. The summed E-state index contributed by atoms with van der Waals surface area (Å²) in [5.41, 5.74) is 0. The number of carbonyl (C=O) groups excluding carboxylic acids is 2. The fourth-order valence-corrected chi connectivity index (χ4v) is 8.42. The second kappa shape index (κ2) is 49.4. The zero-order valence-electron chi connectivity index (χ0n) is 41.1. The number of aliphatic hydroxyl groups excluding tert-OH is 2. The number of hydrogen-bond donors (Lipinski definition) is 3. The SMILES string of the molecule is CCCCC/C=C/C=C/CCCCCCC(CC(=O)NC(CO)C(O)CCCCCCCCCCCCCCCCCC)OC(=O)CCCCCCCCCCCCCCC. The van der Waals surface area contributed by atoms with E-state index in [9.17, 15) is 19.8 Å². The van der Waals surface area contributed by atoms with Crippen LogP contribution in [0.25, 0.3) is 0 Å². The number of aliphatic hydroxyl groups is 2. The highest BCUT2D eigenvalue weighted by molar-refractivity contribution is 5.77. The molecule has 6 nitrogen and oxygen atoms in total. The monoisotopic (exact) mass is 860 g/mol. The highest BCUT2D eigenvalue weighted by Crippen LogP contribution is 2.18. The van der Waals surface area contributed by atoms with Crippen molar-refractivity contribution in [1.82, 2.24) is 5.32 Å². The van der Waals surface area contributed by atoms with Gasteiger partial charge in [0.1, 0.15) is 6.10 Å². The van der Waals surface area contributed by atoms with Gasteiger partial charge in [-0.2, -0.15) is 0 Å². The van der Waals surface area contributed by atoms with Gasteiger partial charge in [-0.25, -0.2) is 0 Å². The van der Waals surface area contributed by atoms with Gasteiger partial charge in [0.25, 0.3) is 0 Å². The highest BCUT2D eigenvalue weighted by atomic mass is 16.5. The van der Waals surface area contributed by atoms with Crippen molar-refractivity contribution in [3.63, 3.8) is 0 Å². The number of amides is 1. The molecule has 3 unspecified atom stereocenters. The van der Waals surface area contributed by atoms with Crippen molar-refractivity contribution in [1.29, 1.82) is 0 Å². The first kappa shape index (κ1) is 59.3. The maximum absolute atomic E-state index is 13.2. The van der Waals surface area contributed by atoms with Crippen LogP contribution in [0.1, 0.15) is 290 Å². The van der Waals surface area contributed by atoms with E-state index in [0.717, 1.165) is 70.6 Å². The Bertz CT molecular complexity index is 966. The van der Waals surface area contributed by atoms with Crippen LogP contribution in [0.2, 0.25) is 0 Å². The summed E-state index contributed by atoms with van der Waals surface area (Å²) in [7, 11) is 0. The standard InChI is InChI=1S/C55H105NO5/c1-4-7-10-13-16-19-22-25-26-27-30-32-35-38-41-44-47-53(58)52(50-57)56-54(59)49-51(46-43-40-37-34-31-28-23-20-17-14-11-8-5-2)61-55(60)48-45-42-39-36-33-29-24-21-18-15-12-9-6-3/h17,20,23,28,51-53,57-58H,4-16,18-19,21-22,24-27,29-50H2,1-3H3,(H,56,59)/b20-17+,28-23+. The Hall–Kier alpha value is -1.66. The molecule has 0 aliphatic rings. The fourth-order valence-electron chi connectivity index (χ4n) is 8.42. The van der Waals surface area contributed by atoms with Gasteiger partial charge < -0.3 is 20.3 Å². The first-order valence-electron chi connectivity index (χ1n) is 27.1. The van der Waals surface area contributed by atoms with Gasteiger partial charge in [0.2, 0.25) is 5.91 Å². The molecule has 3 atom stereocenters. The first-order valence-corrected chi connectivity index (χ1v) is 27.1. The van der Waals surface area contributed by atoms with E-state index in [-0.39, 0.29) is 24.9 Å². The molecule has 0 saturated heterocycles. The molecule has 0 aromatic heterocycles. The Kier molecular flexibility index (Phi) is 48.0. The van der Waals surface area contributed by atoms with Crippen molar-refractivity contribution >= 4 is 11.9 Å². The molecular formula is C55H105NO5. The number of carbonyl (C=O) groups is 2. The molecule has 0 aromatic rings. The third-order valence-corrected chi connectivity index (χ3v) is 12.6. The summed E-state index contributed by atoms with van der Waals surface area (Å²) in [6.07, 6.45) is 56.6. The van der Waals surface area contributed by atoms with Crippen LogP contribution in [-0.4, -0.2) is 46.9 Å². The molecular weight excluding hydrogens is 755 g/mol. The smallest absolute Gasteiger partial charge is 0.306 e. The van der Waals surface area contributed by atoms with E-state index in [2.05, 4.69) is 50.4 Å². The van der Waals surface area contributed by atoms with Crippen LogP contribution >= 0.6 is 0 Å². The number of hydrogen-bond acceptors (Lipinski definition) is 5. The Morgan fingerprint density at radius 1 is 0.475 bits per heavy atom. The molecule has 0 heterocycles. The predicted molar refractivity (Wildman–Crippen MR) is 264 cm³/mol. The second-order valence-electron chi connectivity index (χ2n) is 18.7. The molecule has 0 aliphatic carbocycles. The Balaban J connectivity index is 4.52. The van der Waals surface area contributed by atoms with Crippen molar-refractivity contribution in [3.8, 4) is 0 Å². The number of ether oxygens (including phenoxy) is 1. The average Bonchev–Trinajstić information content (AvgIpc) is 3.25. The summed E-state index contributed by atoms with van der Waals surface area (Å²) >= 11 is 0. The van der Waals surface area contributed by atoms with E-state index in [0.29, 0.717) is 19.3 Å². The van der Waals surface area contributed by atoms with Crippen molar-refractivity contribution in [2.75, 3.05) is 6.61 Å². The molecule has 0 radical (unpaired) electrons. The van der Waals surface area contributed by atoms with E-state index in [1.807, 2.05) is 0 Å². The van der Waals surface area contributed by atoms with E-state index < -0.39 is 18.2 Å². The van der Waals surface area contributed by atoms with E-state index in [1.54, 1.807) is 0 Å². The number of allylic oxidation sites excluding steroid dienone is 4. The summed E-state index contributed by atoms with van der Waals surface area (Å²) < 4.78 is 5.93. The topological polar surface area (TPSA) is 95.9 Å². The summed E-state index contributed by atoms with van der Waals surface area (Å²) in [6.45, 7) is 6.47. The van der Waals surface area contributed by atoms with Crippen LogP contribution in [-0.2, 0) is 14.3 Å². The molecule has 3 N–H and O–H groups in total. The fraction of sp³-hybridized carbons (Fsp3) is 0.891. The lowest BCUT2D eigenvalue weighted by molar-refractivity contribution is -0.151. The lowest BCUT2D eigenvalue weighted by Gasteiger charge is -2.24. The van der Waals surface area contributed by atoms with Crippen LogP contribution < -0.4 is 5.32 Å². The molecule has 0 aromatic carbocycles. The molecule has 61 heavy (non-hydrogen) atoms. The third-order valence-electron chi connectivity index (χ3n) is 12.6. The van der Waals surface area contributed by atoms with Gasteiger partial charge in [-0.3, -0.25) is 9.59 Å². The Morgan fingerprint density at radius 2 is 0.820 bits per heavy atom. The van der Waals surface area contributed by atoms with Crippen molar-refractivity contribution < 1.29 is 24.5 Å². The molecule has 0 fully saturated rings. The number of nitrogens with one attached hydrogen (secondary N) is 1. The minimum Gasteiger partial charge on any atom is -0.462 e. The van der Waals surface area contributed by atoms with Gasteiger partial charge in [0.05, 0.1) is 25.2 Å². The summed E-state index contributed by atoms with van der Waals surface area (Å²) in [5.74, 6) is -0.479. The van der Waals surface area contributed by atoms with Gasteiger partial charge in [-0.1, -0.05) is 251 Å². The van der Waals surface area contributed by atoms with Crippen molar-refractivity contribution in [2.24, 2.45) is 0 Å². The highest BCUT2D eigenvalue weighted by Gasteiger charge is 2.24. The molecule has 0 saturated carbocycles. The zero-order valence-corrected chi connectivity index (χ0v) is 41.1. The van der Waals surface area contributed by atoms with Crippen molar-refractivity contribution in [2.45, 2.75) is 309 Å². The zero-order chi connectivity index (χ0) is 44.5. The van der Waals surface area contributed by atoms with Gasteiger partial charge >= 0.3 is 5.97 Å². The normalized spacial score (nSPS) is 13.3. The quantitative estimate of drug-likeness (QED) is 0.0322. The van der Waals surface area contributed by atoms with Crippen LogP contribution in [0.4, 0.5) is 0 Å². The maximum Gasteiger partial charge on any atom is 0.306 e. The van der Waals surface area contributed by atoms with Gasteiger partial charge in [-0.15, -0.1) is 0 Å². The number of esters is 1. The van der Waals surface area contributed by atoms with Crippen LogP contribution in [0.3, 0.4) is 0 Å². The molecule has 1 amide bonds. The lowest BCUT2D eigenvalue weighted by atomic mass is 10.0. The third kappa shape index (κ3) is 44.7. The largest absolute Gasteiger partial charge is 0.462 e. The summed E-state index contributed by atoms with van der Waals surface area (Å²) in [4.78, 5) is 26.2. The van der Waals surface area contributed by atoms with Gasteiger partial charge in [-0.05, 0) is 51.4 Å². The number of rotatable bonds is 49. The van der Waals surface area contributed by atoms with Crippen LogP contribution in [0.15, 0.2) is 24.3 Å². The molecule has 0 rings (SSSR count). The van der Waals surface area contributed by atoms with Gasteiger partial charge in [0, 0.05) is 6.42 Å². The van der Waals surface area contributed by atoms with E-state index in [1.165, 1.54) is 173 Å². The Labute approximate surface area is 380 Å². The molecule has 0 spiro atoms. The average molecular weight is 860 g/mol. The van der Waals surface area contributed by atoms with E-state index in [4.69, 9.17) is 4.74 Å². The maximum atomic E-state index is 13.2. The molecule has 0 bridgehead atoms. The van der Waals surface area contributed by atoms with E-state index >= 15 is 0 Å². The second-order valence-corrected chi connectivity index (χ2v) is 18.7. The minimum atomic E-state index is -0.789. The minimum absolute atomic E-state index is 0.0694. The molecule has 360 valence electrons. The van der Waals surface area contributed by atoms with Crippen LogP contribution in [0.5, 0.6) is 0 Å². The summed E-state index contributed by atoms with van der Waals surface area (Å²) in [6, 6.07) is -0.703. The predicted octanol–water partition coefficient (Wildman–Crippen LogP) is 16.3. The molecule has 0 aliphatic heterocycles. The number of unbranched alkanes of at least 4 members (excludes halogenated alkanes) is 34. The molecule has 6 heteroatoms. The first-order chi connectivity index (χ1) is 30.0. The van der Waals surface area contributed by atoms with Crippen molar-refractivity contribution in [3.05, 3.63) is 24.3 Å². The summed E-state index contributed by atoms with van der Waals surface area (Å²) in [5, 5.41) is 23.8.